The van der Waals surface area contributed by atoms with Crippen LogP contribution in [0.5, 0.6) is 0 Å². The molecule has 3 aromatic heterocycles. The summed E-state index contributed by atoms with van der Waals surface area (Å²) in [7, 11) is 1.60. The number of pyridine rings is 1. The lowest BCUT2D eigenvalue weighted by Gasteiger charge is -2.40. The van der Waals surface area contributed by atoms with Crippen molar-refractivity contribution in [1.29, 1.82) is 0 Å². The van der Waals surface area contributed by atoms with E-state index in [9.17, 15) is 23.5 Å². The fraction of sp³-hybridized carbons (Fsp3) is 0.391. The van der Waals surface area contributed by atoms with E-state index >= 15 is 0 Å². The Kier molecular flexibility index (Phi) is 5.66. The summed E-state index contributed by atoms with van der Waals surface area (Å²) in [6, 6.07) is 7.47. The van der Waals surface area contributed by atoms with Gasteiger partial charge >= 0.3 is 0 Å². The topological polar surface area (TPSA) is 138 Å². The third-order valence-corrected chi connectivity index (χ3v) is 6.23. The Bertz CT molecular complexity index is 1330. The van der Waals surface area contributed by atoms with E-state index in [2.05, 4.69) is 25.4 Å². The van der Waals surface area contributed by atoms with E-state index in [1.165, 1.54) is 17.2 Å². The van der Waals surface area contributed by atoms with Crippen LogP contribution in [0.3, 0.4) is 0 Å². The maximum Gasteiger partial charge on any atom is 0.282 e. The zero-order valence-electron chi connectivity index (χ0n) is 19.5. The molecule has 0 aromatic carbocycles. The number of amides is 2. The Morgan fingerprint density at radius 3 is 2.53 bits per heavy atom. The average Bonchev–Trinajstić information content (AvgIpc) is 3.45. The Hall–Kier alpha value is -4.00. The highest BCUT2D eigenvalue weighted by Crippen LogP contribution is 2.34. The van der Waals surface area contributed by atoms with Crippen LogP contribution in [0.1, 0.15) is 19.1 Å². The van der Waals surface area contributed by atoms with E-state index in [0.717, 1.165) is 4.90 Å². The zero-order chi connectivity index (χ0) is 25.7. The molecule has 0 unspecified atom stereocenters. The molecule has 2 fully saturated rings. The summed E-state index contributed by atoms with van der Waals surface area (Å²) in [6.07, 6.45) is 1.68. The van der Waals surface area contributed by atoms with Crippen molar-refractivity contribution in [3.05, 3.63) is 42.3 Å². The van der Waals surface area contributed by atoms with E-state index in [1.54, 1.807) is 38.2 Å². The Morgan fingerprint density at radius 2 is 1.86 bits per heavy atom. The highest BCUT2D eigenvalue weighted by Gasteiger charge is 2.49. The first-order valence-corrected chi connectivity index (χ1v) is 11.2. The molecule has 11 nitrogen and oxygen atoms in total. The smallest absolute Gasteiger partial charge is 0.282 e. The summed E-state index contributed by atoms with van der Waals surface area (Å²) in [5.74, 6) is -3.57. The molecule has 13 heteroatoms. The van der Waals surface area contributed by atoms with Crippen molar-refractivity contribution < 1.29 is 28.0 Å². The molecule has 2 aliphatic rings. The van der Waals surface area contributed by atoms with Crippen LogP contribution in [0.25, 0.3) is 22.8 Å². The molecule has 3 aromatic rings. The van der Waals surface area contributed by atoms with Gasteiger partial charge in [0.25, 0.3) is 11.8 Å². The molecule has 0 radical (unpaired) electrons. The molecular formula is C23H23F2N7O4. The minimum atomic E-state index is -2.84. The normalized spacial score (nSPS) is 21.9. The van der Waals surface area contributed by atoms with Crippen LogP contribution in [0.15, 0.2) is 41.1 Å². The van der Waals surface area contributed by atoms with Crippen LogP contribution < -0.4 is 5.32 Å². The van der Waals surface area contributed by atoms with Crippen molar-refractivity contribution in [1.82, 2.24) is 29.9 Å². The summed E-state index contributed by atoms with van der Waals surface area (Å²) in [4.78, 5) is 40.2. The van der Waals surface area contributed by atoms with Gasteiger partial charge in [0.2, 0.25) is 17.5 Å². The van der Waals surface area contributed by atoms with Crippen LogP contribution >= 0.6 is 0 Å². The number of anilines is 1. The molecule has 0 saturated carbocycles. The first-order valence-electron chi connectivity index (χ1n) is 11.2. The van der Waals surface area contributed by atoms with Crippen molar-refractivity contribution in [2.45, 2.75) is 30.9 Å². The van der Waals surface area contributed by atoms with Gasteiger partial charge in [0, 0.05) is 32.3 Å². The van der Waals surface area contributed by atoms with Gasteiger partial charge in [0.05, 0.1) is 30.2 Å². The molecule has 2 N–H and O–H groups in total. The molecule has 2 aliphatic heterocycles. The number of hydrogen-bond donors (Lipinski definition) is 2. The van der Waals surface area contributed by atoms with Crippen molar-refractivity contribution in [3.63, 3.8) is 0 Å². The van der Waals surface area contributed by atoms with Crippen molar-refractivity contribution in [2.75, 3.05) is 32.0 Å². The maximum atomic E-state index is 13.1. The first kappa shape index (κ1) is 23.7. The minimum Gasteiger partial charge on any atom is -0.373 e. The second kappa shape index (κ2) is 8.59. The van der Waals surface area contributed by atoms with Gasteiger partial charge < -0.3 is 24.7 Å². The Morgan fingerprint density at radius 1 is 1.17 bits per heavy atom. The lowest BCUT2D eigenvalue weighted by Crippen LogP contribution is -2.61. The fourth-order valence-electron chi connectivity index (χ4n) is 4.16. The molecule has 36 heavy (non-hydrogen) atoms. The lowest BCUT2D eigenvalue weighted by molar-refractivity contribution is -0.166. The van der Waals surface area contributed by atoms with E-state index in [0.29, 0.717) is 29.3 Å². The van der Waals surface area contributed by atoms with E-state index in [4.69, 9.17) is 4.52 Å². The number of carbonyl (C=O) groups is 2. The molecule has 0 spiro atoms. The number of nitrogens with zero attached hydrogens (tertiary/aromatic N) is 6. The lowest BCUT2D eigenvalue weighted by atomic mass is 9.98. The summed E-state index contributed by atoms with van der Waals surface area (Å²) >= 11 is 0. The predicted octanol–water partition coefficient (Wildman–Crippen LogP) is 1.52. The first-order chi connectivity index (χ1) is 17.1. The van der Waals surface area contributed by atoms with Crippen LogP contribution in [0.2, 0.25) is 0 Å². The third kappa shape index (κ3) is 4.26. The molecule has 188 valence electrons. The fourth-order valence-corrected chi connectivity index (χ4v) is 4.16. The van der Waals surface area contributed by atoms with Gasteiger partial charge in [-0.2, -0.15) is 0 Å². The molecule has 5 rings (SSSR count). The highest BCUT2D eigenvalue weighted by atomic mass is 19.3. The number of alkyl halides is 2. The Balaban J connectivity index is 1.33. The van der Waals surface area contributed by atoms with Crippen molar-refractivity contribution in [3.8, 4) is 22.8 Å². The number of nitrogens with one attached hydrogen (secondary N) is 1. The van der Waals surface area contributed by atoms with Gasteiger partial charge in [-0.25, -0.2) is 23.7 Å². The largest absolute Gasteiger partial charge is 0.373 e. The monoisotopic (exact) mass is 499 g/mol. The van der Waals surface area contributed by atoms with E-state index < -0.39 is 42.5 Å². The van der Waals surface area contributed by atoms with Crippen molar-refractivity contribution >= 4 is 17.8 Å². The number of hydrogen-bond acceptors (Lipinski definition) is 9. The number of likely N-dealkylation sites (tertiary alicyclic amines) is 2. The van der Waals surface area contributed by atoms with Crippen LogP contribution in [-0.2, 0) is 15.2 Å². The zero-order valence-corrected chi connectivity index (χ0v) is 19.5. The molecule has 0 aliphatic carbocycles. The number of halogens is 2. The Labute approximate surface area is 204 Å². The standard InChI is InChI=1S/C23H23F2N7O4/c1-13(19(33)32-11-22(24,25)12-32)27-21-26-8-6-16(29-21)14-4-3-5-15(28-14)17-10-18(36-30-17)23(35)7-9-31(2)20(23)34/h3-6,8,10,13,35H,7,9,11-12H2,1-2H3,(H,26,27,29)/t13-,23-/m1/s1. The van der Waals surface area contributed by atoms with Crippen molar-refractivity contribution in [2.24, 2.45) is 0 Å². The second-order valence-electron chi connectivity index (χ2n) is 9.00. The number of aromatic nitrogens is 4. The van der Waals surface area contributed by atoms with Crippen LogP contribution in [0.4, 0.5) is 14.7 Å². The van der Waals surface area contributed by atoms with Gasteiger partial charge in [-0.1, -0.05) is 11.2 Å². The quantitative estimate of drug-likeness (QED) is 0.517. The van der Waals surface area contributed by atoms with Gasteiger partial charge in [0.1, 0.15) is 11.7 Å². The van der Waals surface area contributed by atoms with Gasteiger partial charge in [0.15, 0.2) is 5.76 Å². The van der Waals surface area contributed by atoms with E-state index in [1.807, 2.05) is 0 Å². The summed E-state index contributed by atoms with van der Waals surface area (Å²) in [5, 5.41) is 17.6. The summed E-state index contributed by atoms with van der Waals surface area (Å²) in [5.41, 5.74) is -0.0789. The van der Waals surface area contributed by atoms with Gasteiger partial charge in [-0.15, -0.1) is 0 Å². The molecule has 0 bridgehead atoms. The number of aliphatic hydroxyl groups is 1. The molecule has 2 atom stereocenters. The maximum absolute atomic E-state index is 13.1. The molecule has 2 amide bonds. The minimum absolute atomic E-state index is 0.0474. The van der Waals surface area contributed by atoms with Gasteiger partial charge in [-0.05, 0) is 25.1 Å². The summed E-state index contributed by atoms with van der Waals surface area (Å²) < 4.78 is 31.5. The SMILES string of the molecule is C[C@@H](Nc1nccc(-c2cccc(-c3cc([C@]4(O)CCN(C)C4=O)on3)n2)n1)C(=O)N1CC(F)(F)C1. The second-order valence-corrected chi connectivity index (χ2v) is 9.00. The predicted molar refractivity (Wildman–Crippen MR) is 122 cm³/mol. The van der Waals surface area contributed by atoms with Gasteiger partial charge in [-0.3, -0.25) is 9.59 Å². The summed E-state index contributed by atoms with van der Waals surface area (Å²) in [6.45, 7) is 0.761. The number of rotatable bonds is 6. The molecule has 5 heterocycles. The molecule has 2 saturated heterocycles. The molecular weight excluding hydrogens is 476 g/mol. The highest BCUT2D eigenvalue weighted by molar-refractivity contribution is 5.87. The third-order valence-electron chi connectivity index (χ3n) is 6.23. The van der Waals surface area contributed by atoms with Crippen LogP contribution in [-0.4, -0.2) is 85.5 Å². The van der Waals surface area contributed by atoms with E-state index in [-0.39, 0.29) is 18.1 Å². The average molecular weight is 499 g/mol. The number of likely N-dealkylation sites (N-methyl/N-ethyl adjacent to an activating group) is 1. The van der Waals surface area contributed by atoms with Crippen LogP contribution in [0, 0.1) is 0 Å². The number of carbonyl (C=O) groups excluding carboxylic acids is 2.